The van der Waals surface area contributed by atoms with Crippen LogP contribution in [0.2, 0.25) is 0 Å². The van der Waals surface area contributed by atoms with Gasteiger partial charge in [-0.2, -0.15) is 0 Å². The van der Waals surface area contributed by atoms with E-state index in [1.54, 1.807) is 0 Å². The molecule has 5 nitrogen and oxygen atoms in total. The van der Waals surface area contributed by atoms with Crippen molar-refractivity contribution >= 4 is 5.97 Å². The molecule has 0 amide bonds. The van der Waals surface area contributed by atoms with Crippen LogP contribution in [0.3, 0.4) is 0 Å². The van der Waals surface area contributed by atoms with Crippen molar-refractivity contribution in [3.05, 3.63) is 0 Å². The predicted octanol–water partition coefficient (Wildman–Crippen LogP) is 0.164. The maximum absolute atomic E-state index is 11.6. The molecule has 2 rings (SSSR count). The maximum atomic E-state index is 11.6. The lowest BCUT2D eigenvalue weighted by Gasteiger charge is -2.29. The molecule has 2 aliphatic rings. The highest BCUT2D eigenvalue weighted by molar-refractivity contribution is 5.76. The molecule has 2 fully saturated rings. The highest BCUT2D eigenvalue weighted by Crippen LogP contribution is 2.22. The van der Waals surface area contributed by atoms with Crippen molar-refractivity contribution in [2.24, 2.45) is 0 Å². The molecule has 2 saturated heterocycles. The van der Waals surface area contributed by atoms with Crippen LogP contribution in [-0.4, -0.2) is 61.0 Å². The highest BCUT2D eigenvalue weighted by atomic mass is 16.5. The van der Waals surface area contributed by atoms with Crippen LogP contribution in [-0.2, 0) is 14.3 Å². The van der Waals surface area contributed by atoms with Crippen LogP contribution >= 0.6 is 0 Å². The van der Waals surface area contributed by atoms with Gasteiger partial charge < -0.3 is 14.6 Å². The van der Waals surface area contributed by atoms with E-state index in [1.807, 2.05) is 4.90 Å². The van der Waals surface area contributed by atoms with Crippen molar-refractivity contribution in [1.82, 2.24) is 4.90 Å². The quantitative estimate of drug-likeness (QED) is 0.716. The molecule has 3 atom stereocenters. The number of rotatable bonds is 3. The van der Waals surface area contributed by atoms with Gasteiger partial charge in [-0.05, 0) is 19.3 Å². The van der Waals surface area contributed by atoms with Crippen LogP contribution in [0.4, 0.5) is 0 Å². The normalized spacial score (nSPS) is 34.8. The Morgan fingerprint density at radius 1 is 1.53 bits per heavy atom. The van der Waals surface area contributed by atoms with Gasteiger partial charge in [-0.25, -0.2) is 0 Å². The molecule has 0 spiro atoms. The molecule has 1 N–H and O–H groups in total. The monoisotopic (exact) mass is 243 g/mol. The highest BCUT2D eigenvalue weighted by Gasteiger charge is 2.37. The third kappa shape index (κ3) is 3.18. The van der Waals surface area contributed by atoms with Crippen LogP contribution in [0, 0.1) is 0 Å². The largest absolute Gasteiger partial charge is 0.468 e. The number of methoxy groups -OCH3 is 1. The second kappa shape index (κ2) is 5.80. The van der Waals surface area contributed by atoms with Crippen LogP contribution < -0.4 is 0 Å². The summed E-state index contributed by atoms with van der Waals surface area (Å²) in [5.74, 6) is -0.252. The Labute approximate surface area is 102 Å². The molecule has 0 aliphatic carbocycles. The summed E-state index contributed by atoms with van der Waals surface area (Å²) in [6.45, 7) is 2.07. The Bertz CT molecular complexity index is 265. The minimum Gasteiger partial charge on any atom is -0.468 e. The molecule has 0 aromatic carbocycles. The SMILES string of the molecule is COC(=O)C1CC(O)CN1CC1CCCCO1. The lowest BCUT2D eigenvalue weighted by atomic mass is 10.1. The Balaban J connectivity index is 1.90. The Morgan fingerprint density at radius 3 is 3.00 bits per heavy atom. The zero-order valence-electron chi connectivity index (χ0n) is 10.3. The molecule has 0 aromatic heterocycles. The summed E-state index contributed by atoms with van der Waals surface area (Å²) < 4.78 is 10.4. The molecular weight excluding hydrogens is 222 g/mol. The fraction of sp³-hybridized carbons (Fsp3) is 0.917. The van der Waals surface area contributed by atoms with Crippen molar-refractivity contribution in [3.8, 4) is 0 Å². The zero-order valence-corrected chi connectivity index (χ0v) is 10.3. The van der Waals surface area contributed by atoms with Crippen molar-refractivity contribution in [2.75, 3.05) is 26.8 Å². The topological polar surface area (TPSA) is 59.0 Å². The molecule has 0 bridgehead atoms. The smallest absolute Gasteiger partial charge is 0.323 e. The minimum absolute atomic E-state index is 0.196. The number of hydrogen-bond donors (Lipinski definition) is 1. The standard InChI is InChI=1S/C12H21NO4/c1-16-12(15)11-6-9(14)7-13(11)8-10-4-2-3-5-17-10/h9-11,14H,2-8H2,1H3. The summed E-state index contributed by atoms with van der Waals surface area (Å²) in [6, 6.07) is -0.305. The van der Waals surface area contributed by atoms with E-state index in [2.05, 4.69) is 0 Å². The summed E-state index contributed by atoms with van der Waals surface area (Å²) in [5.41, 5.74) is 0. The first kappa shape index (κ1) is 12.8. The summed E-state index contributed by atoms with van der Waals surface area (Å²) in [5, 5.41) is 9.65. The minimum atomic E-state index is -0.428. The van der Waals surface area contributed by atoms with Gasteiger partial charge in [0, 0.05) is 26.1 Å². The van der Waals surface area contributed by atoms with E-state index in [9.17, 15) is 9.90 Å². The maximum Gasteiger partial charge on any atom is 0.323 e. The molecule has 17 heavy (non-hydrogen) atoms. The third-order valence-corrected chi connectivity index (χ3v) is 3.57. The van der Waals surface area contributed by atoms with E-state index in [0.29, 0.717) is 13.0 Å². The van der Waals surface area contributed by atoms with Gasteiger partial charge in [-0.15, -0.1) is 0 Å². The van der Waals surface area contributed by atoms with Crippen molar-refractivity contribution < 1.29 is 19.4 Å². The Hall–Kier alpha value is -0.650. The first-order valence-electron chi connectivity index (χ1n) is 6.32. The van der Waals surface area contributed by atoms with Gasteiger partial charge >= 0.3 is 5.97 Å². The Kier molecular flexibility index (Phi) is 4.36. The number of likely N-dealkylation sites (tertiary alicyclic amines) is 1. The van der Waals surface area contributed by atoms with Gasteiger partial charge in [-0.3, -0.25) is 9.69 Å². The number of carbonyl (C=O) groups is 1. The third-order valence-electron chi connectivity index (χ3n) is 3.57. The Morgan fingerprint density at radius 2 is 2.35 bits per heavy atom. The fourth-order valence-electron chi connectivity index (χ4n) is 2.68. The molecular formula is C12H21NO4. The van der Waals surface area contributed by atoms with Gasteiger partial charge in [0.2, 0.25) is 0 Å². The van der Waals surface area contributed by atoms with Gasteiger partial charge in [-0.1, -0.05) is 0 Å². The molecule has 2 aliphatic heterocycles. The lowest BCUT2D eigenvalue weighted by molar-refractivity contribution is -0.146. The number of hydrogen-bond acceptors (Lipinski definition) is 5. The van der Waals surface area contributed by atoms with Gasteiger partial charge in [0.15, 0.2) is 0 Å². The van der Waals surface area contributed by atoms with Gasteiger partial charge in [0.05, 0.1) is 19.3 Å². The number of carbonyl (C=O) groups excluding carboxylic acids is 1. The van der Waals surface area contributed by atoms with E-state index in [0.717, 1.165) is 26.0 Å². The number of nitrogens with zero attached hydrogens (tertiary/aromatic N) is 1. The number of ether oxygens (including phenoxy) is 2. The van der Waals surface area contributed by atoms with Crippen molar-refractivity contribution in [3.63, 3.8) is 0 Å². The predicted molar refractivity (Wildman–Crippen MR) is 61.6 cm³/mol. The summed E-state index contributed by atoms with van der Waals surface area (Å²) in [4.78, 5) is 13.6. The summed E-state index contributed by atoms with van der Waals surface area (Å²) in [6.07, 6.45) is 3.59. The van der Waals surface area contributed by atoms with Crippen LogP contribution in [0.1, 0.15) is 25.7 Å². The fourth-order valence-corrected chi connectivity index (χ4v) is 2.68. The summed E-state index contributed by atoms with van der Waals surface area (Å²) >= 11 is 0. The molecule has 2 heterocycles. The second-order valence-corrected chi connectivity index (χ2v) is 4.87. The van der Waals surface area contributed by atoms with Crippen LogP contribution in [0.25, 0.3) is 0 Å². The summed E-state index contributed by atoms with van der Waals surface area (Å²) in [7, 11) is 1.39. The average molecular weight is 243 g/mol. The number of esters is 1. The molecule has 5 heteroatoms. The van der Waals surface area contributed by atoms with Crippen molar-refractivity contribution in [2.45, 2.75) is 43.9 Å². The van der Waals surface area contributed by atoms with Gasteiger partial charge in [0.1, 0.15) is 6.04 Å². The molecule has 3 unspecified atom stereocenters. The zero-order chi connectivity index (χ0) is 12.3. The van der Waals surface area contributed by atoms with E-state index in [1.165, 1.54) is 13.5 Å². The number of aliphatic hydroxyl groups is 1. The van der Waals surface area contributed by atoms with E-state index >= 15 is 0 Å². The average Bonchev–Trinajstić information content (AvgIpc) is 2.70. The molecule has 98 valence electrons. The van der Waals surface area contributed by atoms with Gasteiger partial charge in [0.25, 0.3) is 0 Å². The first-order chi connectivity index (χ1) is 8.20. The van der Waals surface area contributed by atoms with Crippen molar-refractivity contribution in [1.29, 1.82) is 0 Å². The van der Waals surface area contributed by atoms with Crippen LogP contribution in [0.5, 0.6) is 0 Å². The molecule has 0 aromatic rings. The van der Waals surface area contributed by atoms with E-state index < -0.39 is 6.10 Å². The molecule has 0 saturated carbocycles. The second-order valence-electron chi connectivity index (χ2n) is 4.87. The van der Waals surface area contributed by atoms with Crippen LogP contribution in [0.15, 0.2) is 0 Å². The van der Waals surface area contributed by atoms with E-state index in [-0.39, 0.29) is 18.1 Å². The first-order valence-corrected chi connectivity index (χ1v) is 6.32. The number of β-amino-alcohol motifs (C(OH)–C–C–N with tert-alkyl or cyclic N) is 1. The lowest BCUT2D eigenvalue weighted by Crippen LogP contribution is -2.42. The number of aliphatic hydroxyl groups excluding tert-OH is 1. The van der Waals surface area contributed by atoms with E-state index in [4.69, 9.17) is 9.47 Å². The molecule has 0 radical (unpaired) electrons.